The molecule has 2 heterocycles. The molecule has 2 rings (SSSR count). The summed E-state index contributed by atoms with van der Waals surface area (Å²) in [4.78, 5) is 9.97. The van der Waals surface area contributed by atoms with E-state index in [1.54, 1.807) is 11.9 Å². The van der Waals surface area contributed by atoms with Crippen LogP contribution < -0.4 is 15.4 Å². The monoisotopic (exact) mass is 300 g/mol. The minimum Gasteiger partial charge on any atom is -0.476 e. The van der Waals surface area contributed by atoms with Gasteiger partial charge in [-0.2, -0.15) is 4.98 Å². The van der Waals surface area contributed by atoms with Crippen molar-refractivity contribution in [3.05, 3.63) is 6.33 Å². The van der Waals surface area contributed by atoms with Crippen LogP contribution in [-0.2, 0) is 9.84 Å². The molecule has 0 saturated carbocycles. The lowest BCUT2D eigenvalue weighted by Gasteiger charge is -2.25. The van der Waals surface area contributed by atoms with Gasteiger partial charge < -0.3 is 15.4 Å². The van der Waals surface area contributed by atoms with Crippen molar-refractivity contribution in [2.24, 2.45) is 0 Å². The van der Waals surface area contributed by atoms with Crippen LogP contribution in [0.15, 0.2) is 6.33 Å². The molecule has 1 aliphatic rings. The molecule has 1 unspecified atom stereocenters. The fourth-order valence-electron chi connectivity index (χ4n) is 2.22. The predicted octanol–water partition coefficient (Wildman–Crippen LogP) is 0.471. The standard InChI is InChI=1S/C12H20N4O3S/c1-3-5-19-12-10(13)11(14-8-15-12)16(2)9-4-6-20(17,18)7-9/h8-9H,3-7,13H2,1-2H3. The number of anilines is 2. The Balaban J connectivity index is 2.20. The largest absolute Gasteiger partial charge is 0.476 e. The van der Waals surface area contributed by atoms with Gasteiger partial charge in [0.15, 0.2) is 15.7 Å². The van der Waals surface area contributed by atoms with E-state index in [9.17, 15) is 8.42 Å². The molecule has 1 fully saturated rings. The first-order valence-electron chi connectivity index (χ1n) is 6.61. The van der Waals surface area contributed by atoms with Gasteiger partial charge in [0.25, 0.3) is 0 Å². The fraction of sp³-hybridized carbons (Fsp3) is 0.667. The van der Waals surface area contributed by atoms with Crippen LogP contribution in [0.3, 0.4) is 0 Å². The van der Waals surface area contributed by atoms with Crippen molar-refractivity contribution in [2.75, 3.05) is 35.8 Å². The summed E-state index contributed by atoms with van der Waals surface area (Å²) < 4.78 is 28.6. The van der Waals surface area contributed by atoms with Crippen LogP contribution in [0.4, 0.5) is 11.5 Å². The Hall–Kier alpha value is -1.57. The van der Waals surface area contributed by atoms with Crippen LogP contribution >= 0.6 is 0 Å². The van der Waals surface area contributed by atoms with Gasteiger partial charge in [-0.3, -0.25) is 0 Å². The fourth-order valence-corrected chi connectivity index (χ4v) is 3.99. The molecule has 1 atom stereocenters. The number of sulfone groups is 1. The Bertz CT molecular complexity index is 576. The Labute approximate surface area is 119 Å². The van der Waals surface area contributed by atoms with Crippen molar-refractivity contribution in [3.8, 4) is 5.88 Å². The first-order chi connectivity index (χ1) is 9.44. The van der Waals surface area contributed by atoms with E-state index in [-0.39, 0.29) is 17.5 Å². The summed E-state index contributed by atoms with van der Waals surface area (Å²) in [5, 5.41) is 0. The Morgan fingerprint density at radius 1 is 1.50 bits per heavy atom. The molecule has 0 aromatic carbocycles. The molecule has 1 aromatic rings. The van der Waals surface area contributed by atoms with Gasteiger partial charge in [-0.15, -0.1) is 0 Å². The number of rotatable bonds is 5. The molecule has 1 aromatic heterocycles. The third-order valence-electron chi connectivity index (χ3n) is 3.36. The predicted molar refractivity (Wildman–Crippen MR) is 77.7 cm³/mol. The maximum absolute atomic E-state index is 11.6. The van der Waals surface area contributed by atoms with Gasteiger partial charge in [0.05, 0.1) is 18.1 Å². The van der Waals surface area contributed by atoms with Crippen molar-refractivity contribution in [3.63, 3.8) is 0 Å². The van der Waals surface area contributed by atoms with Crippen LogP contribution in [-0.4, -0.2) is 49.6 Å². The molecule has 1 aliphatic heterocycles. The van der Waals surface area contributed by atoms with E-state index in [2.05, 4.69) is 9.97 Å². The van der Waals surface area contributed by atoms with E-state index < -0.39 is 9.84 Å². The lowest BCUT2D eigenvalue weighted by Crippen LogP contribution is -2.33. The summed E-state index contributed by atoms with van der Waals surface area (Å²) in [6.45, 7) is 2.52. The molecule has 1 saturated heterocycles. The highest BCUT2D eigenvalue weighted by molar-refractivity contribution is 7.91. The van der Waals surface area contributed by atoms with Gasteiger partial charge >= 0.3 is 0 Å². The van der Waals surface area contributed by atoms with Crippen molar-refractivity contribution in [2.45, 2.75) is 25.8 Å². The second-order valence-electron chi connectivity index (χ2n) is 4.93. The Morgan fingerprint density at radius 3 is 2.85 bits per heavy atom. The molecule has 7 nitrogen and oxygen atoms in total. The maximum Gasteiger partial charge on any atom is 0.242 e. The smallest absolute Gasteiger partial charge is 0.242 e. The summed E-state index contributed by atoms with van der Waals surface area (Å²) in [5.41, 5.74) is 6.37. The van der Waals surface area contributed by atoms with Crippen LogP contribution in [0.1, 0.15) is 19.8 Å². The maximum atomic E-state index is 11.6. The summed E-state index contributed by atoms with van der Waals surface area (Å²) in [7, 11) is -1.14. The Kier molecular flexibility index (Phi) is 4.32. The summed E-state index contributed by atoms with van der Waals surface area (Å²) >= 11 is 0. The van der Waals surface area contributed by atoms with E-state index in [1.807, 2.05) is 6.92 Å². The summed E-state index contributed by atoms with van der Waals surface area (Å²) in [6, 6.07) is -0.101. The van der Waals surface area contributed by atoms with Crippen molar-refractivity contribution < 1.29 is 13.2 Å². The second kappa shape index (κ2) is 5.82. The zero-order valence-corrected chi connectivity index (χ0v) is 12.6. The third-order valence-corrected chi connectivity index (χ3v) is 5.11. The molecule has 2 N–H and O–H groups in total. The topological polar surface area (TPSA) is 98.4 Å². The molecule has 0 amide bonds. The molecular weight excluding hydrogens is 280 g/mol. The molecular formula is C12H20N4O3S. The van der Waals surface area contributed by atoms with Crippen LogP contribution in [0.25, 0.3) is 0 Å². The highest BCUT2D eigenvalue weighted by Gasteiger charge is 2.32. The van der Waals surface area contributed by atoms with Gasteiger partial charge in [-0.1, -0.05) is 6.92 Å². The van der Waals surface area contributed by atoms with Gasteiger partial charge in [-0.25, -0.2) is 13.4 Å². The second-order valence-corrected chi connectivity index (χ2v) is 7.16. The van der Waals surface area contributed by atoms with Crippen LogP contribution in [0.2, 0.25) is 0 Å². The molecule has 8 heteroatoms. The van der Waals surface area contributed by atoms with E-state index in [1.165, 1.54) is 6.33 Å². The average Bonchev–Trinajstić information content (AvgIpc) is 2.77. The van der Waals surface area contributed by atoms with Gasteiger partial charge in [0.1, 0.15) is 12.0 Å². The molecule has 0 bridgehead atoms. The lowest BCUT2D eigenvalue weighted by atomic mass is 10.2. The summed E-state index contributed by atoms with van der Waals surface area (Å²) in [6.07, 6.45) is 2.83. The van der Waals surface area contributed by atoms with E-state index >= 15 is 0 Å². The zero-order valence-electron chi connectivity index (χ0n) is 11.7. The van der Waals surface area contributed by atoms with Crippen molar-refractivity contribution in [1.29, 1.82) is 0 Å². The average molecular weight is 300 g/mol. The summed E-state index contributed by atoms with van der Waals surface area (Å²) in [5.74, 6) is 1.22. The first kappa shape index (κ1) is 14.8. The van der Waals surface area contributed by atoms with E-state index in [4.69, 9.17) is 10.5 Å². The molecule has 0 spiro atoms. The Morgan fingerprint density at radius 2 is 2.25 bits per heavy atom. The quantitative estimate of drug-likeness (QED) is 0.844. The minimum absolute atomic E-state index is 0.101. The molecule has 0 aliphatic carbocycles. The number of aromatic nitrogens is 2. The number of hydrogen-bond donors (Lipinski definition) is 1. The normalized spacial score (nSPS) is 20.8. The van der Waals surface area contributed by atoms with Gasteiger partial charge in [0, 0.05) is 13.1 Å². The molecule has 0 radical (unpaired) electrons. The number of hydrogen-bond acceptors (Lipinski definition) is 7. The van der Waals surface area contributed by atoms with Crippen molar-refractivity contribution >= 4 is 21.3 Å². The lowest BCUT2D eigenvalue weighted by molar-refractivity contribution is 0.306. The van der Waals surface area contributed by atoms with Crippen LogP contribution in [0, 0.1) is 0 Å². The zero-order chi connectivity index (χ0) is 14.8. The highest BCUT2D eigenvalue weighted by Crippen LogP contribution is 2.30. The number of nitrogen functional groups attached to an aromatic ring is 1. The van der Waals surface area contributed by atoms with E-state index in [0.29, 0.717) is 30.4 Å². The number of nitrogens with two attached hydrogens (primary N) is 1. The SMILES string of the molecule is CCCOc1ncnc(N(C)C2CCS(=O)(=O)C2)c1N. The number of nitrogens with zero attached hydrogens (tertiary/aromatic N) is 3. The highest BCUT2D eigenvalue weighted by atomic mass is 32.2. The molecule has 20 heavy (non-hydrogen) atoms. The van der Waals surface area contributed by atoms with Crippen LogP contribution in [0.5, 0.6) is 5.88 Å². The minimum atomic E-state index is -2.94. The third kappa shape index (κ3) is 3.12. The molecule has 112 valence electrons. The van der Waals surface area contributed by atoms with E-state index in [0.717, 1.165) is 6.42 Å². The van der Waals surface area contributed by atoms with Crippen molar-refractivity contribution in [1.82, 2.24) is 9.97 Å². The first-order valence-corrected chi connectivity index (χ1v) is 8.43. The number of ether oxygens (including phenoxy) is 1. The van der Waals surface area contributed by atoms with Gasteiger partial charge in [-0.05, 0) is 12.8 Å². The van der Waals surface area contributed by atoms with Gasteiger partial charge in [0.2, 0.25) is 5.88 Å².